The second-order valence-corrected chi connectivity index (χ2v) is 11.5. The molecule has 1 aromatic heterocycles. The Labute approximate surface area is 196 Å². The molecule has 0 unspecified atom stereocenters. The van der Waals surface area contributed by atoms with Gasteiger partial charge in [-0.3, -0.25) is 14.2 Å². The standard InChI is InChI=1S/C26H26N2O2S2/c1-15-7-5-6-10-19(15)27-20(29)14-28-25-24(32-26(28)30)21(16-8-3-2-4-9-16)22-17-11-12-18(13-17)23(22)31-25/h2-10,17-18,21-23H,11-14H2,1H3,(H,27,29)/t17-,18-,21-,22-,23+/m0/s1. The van der Waals surface area contributed by atoms with Crippen molar-refractivity contribution < 1.29 is 4.79 Å². The fourth-order valence-corrected chi connectivity index (χ4v) is 9.32. The van der Waals surface area contributed by atoms with Crippen molar-refractivity contribution in [1.29, 1.82) is 0 Å². The van der Waals surface area contributed by atoms with Crippen molar-refractivity contribution in [2.24, 2.45) is 17.8 Å². The molecule has 0 saturated heterocycles. The summed E-state index contributed by atoms with van der Waals surface area (Å²) >= 11 is 3.24. The molecule has 6 rings (SSSR count). The number of carbonyl (C=O) groups is 1. The summed E-state index contributed by atoms with van der Waals surface area (Å²) in [5, 5.41) is 4.57. The minimum Gasteiger partial charge on any atom is -0.324 e. The summed E-state index contributed by atoms with van der Waals surface area (Å²) in [4.78, 5) is 27.2. The maximum absolute atomic E-state index is 13.1. The van der Waals surface area contributed by atoms with Crippen LogP contribution >= 0.6 is 23.1 Å². The number of hydrogen-bond donors (Lipinski definition) is 1. The number of aromatic nitrogens is 1. The van der Waals surface area contributed by atoms with Crippen molar-refractivity contribution in [2.75, 3.05) is 5.32 Å². The summed E-state index contributed by atoms with van der Waals surface area (Å²) < 4.78 is 1.73. The van der Waals surface area contributed by atoms with Crippen LogP contribution in [-0.2, 0) is 11.3 Å². The molecule has 2 fully saturated rings. The summed E-state index contributed by atoms with van der Waals surface area (Å²) in [7, 11) is 0. The van der Waals surface area contributed by atoms with Gasteiger partial charge in [-0.05, 0) is 61.1 Å². The predicted molar refractivity (Wildman–Crippen MR) is 131 cm³/mol. The van der Waals surface area contributed by atoms with Crippen LogP contribution in [0.3, 0.4) is 0 Å². The van der Waals surface area contributed by atoms with Crippen LogP contribution in [0.5, 0.6) is 0 Å². The molecule has 4 nitrogen and oxygen atoms in total. The van der Waals surface area contributed by atoms with E-state index in [1.807, 2.05) is 43.0 Å². The highest BCUT2D eigenvalue weighted by molar-refractivity contribution is 8.00. The maximum atomic E-state index is 13.1. The Hall–Kier alpha value is -2.31. The van der Waals surface area contributed by atoms with Gasteiger partial charge >= 0.3 is 4.87 Å². The fraction of sp³-hybridized carbons (Fsp3) is 0.385. The molecule has 3 aliphatic rings. The lowest BCUT2D eigenvalue weighted by molar-refractivity contribution is -0.116. The molecule has 2 bridgehead atoms. The molecule has 2 aliphatic carbocycles. The summed E-state index contributed by atoms with van der Waals surface area (Å²) in [6, 6.07) is 18.4. The Bertz CT molecular complexity index is 1230. The number of thioether (sulfide) groups is 1. The van der Waals surface area contributed by atoms with E-state index in [1.165, 1.54) is 41.0 Å². The zero-order valence-corrected chi connectivity index (χ0v) is 19.6. The monoisotopic (exact) mass is 462 g/mol. The van der Waals surface area contributed by atoms with Crippen LogP contribution in [0.2, 0.25) is 0 Å². The molecule has 2 heterocycles. The lowest BCUT2D eigenvalue weighted by atomic mass is 9.75. The van der Waals surface area contributed by atoms with Gasteiger partial charge in [0.2, 0.25) is 5.91 Å². The van der Waals surface area contributed by atoms with E-state index in [-0.39, 0.29) is 23.2 Å². The first-order valence-corrected chi connectivity index (χ1v) is 13.1. The number of amides is 1. The molecule has 3 aromatic rings. The summed E-state index contributed by atoms with van der Waals surface area (Å²) in [5.74, 6) is 2.21. The van der Waals surface area contributed by atoms with Gasteiger partial charge in [-0.25, -0.2) is 0 Å². The van der Waals surface area contributed by atoms with Crippen molar-refractivity contribution in [3.8, 4) is 0 Å². The average molecular weight is 463 g/mol. The van der Waals surface area contributed by atoms with E-state index in [0.717, 1.165) is 28.1 Å². The van der Waals surface area contributed by atoms with E-state index in [0.29, 0.717) is 11.2 Å². The van der Waals surface area contributed by atoms with Gasteiger partial charge in [-0.2, -0.15) is 0 Å². The van der Waals surface area contributed by atoms with Crippen molar-refractivity contribution in [2.45, 2.75) is 48.9 Å². The Morgan fingerprint density at radius 1 is 1.06 bits per heavy atom. The van der Waals surface area contributed by atoms with Gasteiger partial charge in [0.05, 0.1) is 5.03 Å². The van der Waals surface area contributed by atoms with Crippen LogP contribution < -0.4 is 10.2 Å². The second kappa shape index (κ2) is 7.92. The largest absolute Gasteiger partial charge is 0.324 e. The minimum atomic E-state index is -0.145. The molecule has 32 heavy (non-hydrogen) atoms. The van der Waals surface area contributed by atoms with Crippen LogP contribution in [0.25, 0.3) is 0 Å². The lowest BCUT2D eigenvalue weighted by Gasteiger charge is -2.40. The molecule has 0 radical (unpaired) electrons. The molecule has 2 aromatic carbocycles. The number of thiazole rings is 1. The van der Waals surface area contributed by atoms with Gasteiger partial charge in [-0.15, -0.1) is 11.8 Å². The molecule has 1 N–H and O–H groups in total. The Morgan fingerprint density at radius 3 is 2.62 bits per heavy atom. The molecular weight excluding hydrogens is 436 g/mol. The van der Waals surface area contributed by atoms with Crippen molar-refractivity contribution >= 4 is 34.7 Å². The predicted octanol–water partition coefficient (Wildman–Crippen LogP) is 5.51. The number of benzene rings is 2. The first-order chi connectivity index (χ1) is 15.6. The molecule has 6 heteroatoms. The second-order valence-electron chi connectivity index (χ2n) is 9.37. The van der Waals surface area contributed by atoms with E-state index in [2.05, 4.69) is 35.6 Å². The third-order valence-corrected chi connectivity index (χ3v) is 10.4. The summed E-state index contributed by atoms with van der Waals surface area (Å²) in [5.41, 5.74) is 3.14. The molecule has 164 valence electrons. The number of nitrogens with one attached hydrogen (secondary N) is 1. The zero-order valence-electron chi connectivity index (χ0n) is 18.0. The fourth-order valence-electron chi connectivity index (χ4n) is 6.17. The van der Waals surface area contributed by atoms with Crippen LogP contribution in [0.4, 0.5) is 5.69 Å². The molecule has 0 spiro atoms. The Balaban J connectivity index is 1.37. The number of nitrogens with zero attached hydrogens (tertiary/aromatic N) is 1. The van der Waals surface area contributed by atoms with E-state index in [1.54, 1.807) is 4.57 Å². The number of hydrogen-bond acceptors (Lipinski definition) is 4. The number of fused-ring (bicyclic) bond motifs is 6. The first-order valence-electron chi connectivity index (χ1n) is 11.4. The van der Waals surface area contributed by atoms with Gasteiger partial charge in [0, 0.05) is 21.7 Å². The smallest absolute Gasteiger partial charge is 0.308 e. The van der Waals surface area contributed by atoms with Gasteiger partial charge in [0.1, 0.15) is 6.54 Å². The molecule has 1 amide bonds. The maximum Gasteiger partial charge on any atom is 0.308 e. The highest BCUT2D eigenvalue weighted by Gasteiger charge is 2.55. The summed E-state index contributed by atoms with van der Waals surface area (Å²) in [6.07, 6.45) is 3.94. The lowest BCUT2D eigenvalue weighted by Crippen LogP contribution is -2.34. The highest BCUT2D eigenvalue weighted by Crippen LogP contribution is 2.63. The molecule has 5 atom stereocenters. The van der Waals surface area contributed by atoms with Gasteiger partial charge < -0.3 is 5.32 Å². The first kappa shape index (κ1) is 20.3. The Morgan fingerprint density at radius 2 is 1.81 bits per heavy atom. The van der Waals surface area contributed by atoms with Crippen LogP contribution in [0, 0.1) is 24.7 Å². The van der Waals surface area contributed by atoms with Crippen LogP contribution in [0.15, 0.2) is 64.4 Å². The minimum absolute atomic E-state index is 0.0179. The topological polar surface area (TPSA) is 51.1 Å². The number of carbonyl (C=O) groups excluding carboxylic acids is 1. The Kier molecular flexibility index (Phi) is 5.03. The number of aryl methyl sites for hydroxylation is 1. The van der Waals surface area contributed by atoms with E-state index in [9.17, 15) is 9.59 Å². The van der Waals surface area contributed by atoms with E-state index in [4.69, 9.17) is 0 Å². The number of anilines is 1. The SMILES string of the molecule is Cc1ccccc1NC(=O)Cn1c2c(sc1=O)[C@@H](c1ccccc1)[C@@H]1[C@H]3CC[C@@H](C3)[C@H]1S2. The normalized spacial score (nSPS) is 27.7. The quantitative estimate of drug-likeness (QED) is 0.556. The van der Waals surface area contributed by atoms with Crippen LogP contribution in [0.1, 0.15) is 41.2 Å². The molecule has 1 aliphatic heterocycles. The third-order valence-electron chi connectivity index (χ3n) is 7.57. The van der Waals surface area contributed by atoms with Crippen LogP contribution in [-0.4, -0.2) is 15.7 Å². The number of para-hydroxylation sites is 1. The van der Waals surface area contributed by atoms with Gasteiger partial charge in [0.25, 0.3) is 0 Å². The third kappa shape index (κ3) is 3.27. The number of rotatable bonds is 4. The molecular formula is C26H26N2O2S2. The van der Waals surface area contributed by atoms with Crippen molar-refractivity contribution in [3.63, 3.8) is 0 Å². The van der Waals surface area contributed by atoms with Gasteiger partial charge in [-0.1, -0.05) is 59.9 Å². The highest BCUT2D eigenvalue weighted by atomic mass is 32.2. The molecule has 2 saturated carbocycles. The average Bonchev–Trinajstić information content (AvgIpc) is 3.49. The van der Waals surface area contributed by atoms with E-state index >= 15 is 0 Å². The van der Waals surface area contributed by atoms with Crippen molar-refractivity contribution in [1.82, 2.24) is 4.57 Å². The zero-order chi connectivity index (χ0) is 21.8. The van der Waals surface area contributed by atoms with E-state index < -0.39 is 0 Å². The van der Waals surface area contributed by atoms with Crippen molar-refractivity contribution in [3.05, 3.63) is 80.3 Å². The van der Waals surface area contributed by atoms with Gasteiger partial charge in [0.15, 0.2) is 0 Å². The summed E-state index contributed by atoms with van der Waals surface area (Å²) in [6.45, 7) is 2.04.